The Hall–Kier alpha value is -2.37. The summed E-state index contributed by atoms with van der Waals surface area (Å²) in [6.07, 6.45) is 3.41. The minimum Gasteiger partial charge on any atom is -0.347 e. The maximum Gasteiger partial charge on any atom is 0.268 e. The van der Waals surface area contributed by atoms with Crippen LogP contribution in [0.5, 0.6) is 0 Å². The topological polar surface area (TPSA) is 90.2 Å². The molecule has 0 radical (unpaired) electrons. The predicted octanol–water partition coefficient (Wildman–Crippen LogP) is 2.89. The molecule has 2 aromatic rings. The Balaban J connectivity index is 1.85. The molecular weight excluding hydrogens is 446 g/mol. The van der Waals surface area contributed by atoms with Crippen LogP contribution < -0.4 is 10.6 Å². The van der Waals surface area contributed by atoms with Crippen LogP contribution in [-0.4, -0.2) is 54.5 Å². The number of nitrogens with zero attached hydrogens (tertiary/aromatic N) is 3. The molecule has 2 atom stereocenters. The molecule has 0 spiro atoms. The number of amides is 2. The predicted molar refractivity (Wildman–Crippen MR) is 120 cm³/mol. The molecule has 8 heteroatoms. The summed E-state index contributed by atoms with van der Waals surface area (Å²) in [7, 11) is 4.02. The van der Waals surface area contributed by atoms with Crippen molar-refractivity contribution in [2.45, 2.75) is 38.3 Å². The highest BCUT2D eigenvalue weighted by Crippen LogP contribution is 2.27. The van der Waals surface area contributed by atoms with Crippen molar-refractivity contribution in [1.82, 2.24) is 20.1 Å². The van der Waals surface area contributed by atoms with Crippen LogP contribution in [0.25, 0.3) is 10.9 Å². The molecule has 160 valence electrons. The van der Waals surface area contributed by atoms with Crippen LogP contribution in [0.15, 0.2) is 28.7 Å². The summed E-state index contributed by atoms with van der Waals surface area (Å²) < 4.78 is 3.01. The van der Waals surface area contributed by atoms with Crippen molar-refractivity contribution in [1.29, 1.82) is 5.26 Å². The van der Waals surface area contributed by atoms with Crippen LogP contribution in [-0.2, 0) is 11.3 Å². The molecule has 1 aromatic heterocycles. The van der Waals surface area contributed by atoms with E-state index in [-0.39, 0.29) is 30.3 Å². The maximum atomic E-state index is 13.3. The van der Waals surface area contributed by atoms with E-state index in [0.717, 1.165) is 47.6 Å². The highest BCUT2D eigenvalue weighted by atomic mass is 79.9. The van der Waals surface area contributed by atoms with Gasteiger partial charge in [-0.05, 0) is 45.1 Å². The number of hydrogen-bond acceptors (Lipinski definition) is 4. The lowest BCUT2D eigenvalue weighted by Gasteiger charge is -2.31. The van der Waals surface area contributed by atoms with Crippen molar-refractivity contribution in [3.8, 4) is 6.07 Å². The number of fused-ring (bicyclic) bond motifs is 1. The van der Waals surface area contributed by atoms with Gasteiger partial charge in [0.2, 0.25) is 5.91 Å². The van der Waals surface area contributed by atoms with E-state index in [1.54, 1.807) is 0 Å². The Bertz CT molecular complexity index is 962. The van der Waals surface area contributed by atoms with E-state index < -0.39 is 0 Å². The van der Waals surface area contributed by atoms with E-state index in [2.05, 4.69) is 31.5 Å². The molecule has 0 saturated heterocycles. The van der Waals surface area contributed by atoms with Gasteiger partial charge in [0.15, 0.2) is 0 Å². The standard InChI is InChI=1S/C22H28BrN5O2/c1-27(2)11-12-28-19-14-16(23)8-7-15(19)13-20(28)22(30)26-18-6-4-3-5-17(18)21(29)25-10-9-24/h7-8,13-14,17-18H,3-6,10-12H2,1-2H3,(H,25,29)(H,26,30)/t17-,18+/m1/s1. The second-order valence-electron chi connectivity index (χ2n) is 8.03. The Morgan fingerprint density at radius 2 is 2.03 bits per heavy atom. The first-order valence-electron chi connectivity index (χ1n) is 10.3. The first-order chi connectivity index (χ1) is 14.4. The summed E-state index contributed by atoms with van der Waals surface area (Å²) in [6, 6.07) is 9.63. The summed E-state index contributed by atoms with van der Waals surface area (Å²) in [5.74, 6) is -0.616. The second kappa shape index (κ2) is 10.1. The highest BCUT2D eigenvalue weighted by Gasteiger charge is 2.32. The molecule has 7 nitrogen and oxygen atoms in total. The Labute approximate surface area is 185 Å². The Morgan fingerprint density at radius 1 is 1.27 bits per heavy atom. The number of halogens is 1. The van der Waals surface area contributed by atoms with Crippen molar-refractivity contribution >= 4 is 38.6 Å². The van der Waals surface area contributed by atoms with Crippen LogP contribution in [0.4, 0.5) is 0 Å². The smallest absolute Gasteiger partial charge is 0.268 e. The lowest BCUT2D eigenvalue weighted by molar-refractivity contribution is -0.126. The van der Waals surface area contributed by atoms with Crippen LogP contribution in [0.2, 0.25) is 0 Å². The number of carbonyl (C=O) groups excluding carboxylic acids is 2. The largest absolute Gasteiger partial charge is 0.347 e. The average Bonchev–Trinajstić information content (AvgIpc) is 3.08. The third kappa shape index (κ3) is 5.21. The van der Waals surface area contributed by atoms with Gasteiger partial charge in [-0.2, -0.15) is 5.26 Å². The van der Waals surface area contributed by atoms with Crippen LogP contribution in [0.3, 0.4) is 0 Å². The van der Waals surface area contributed by atoms with Crippen molar-refractivity contribution in [3.05, 3.63) is 34.4 Å². The lowest BCUT2D eigenvalue weighted by Crippen LogP contribution is -2.48. The number of rotatable bonds is 7. The molecule has 0 unspecified atom stereocenters. The number of aromatic nitrogens is 1. The summed E-state index contributed by atoms with van der Waals surface area (Å²) in [5, 5.41) is 15.5. The van der Waals surface area contributed by atoms with Crippen LogP contribution in [0, 0.1) is 17.2 Å². The van der Waals surface area contributed by atoms with Gasteiger partial charge in [-0.3, -0.25) is 9.59 Å². The molecule has 1 fully saturated rings. The van der Waals surface area contributed by atoms with Crippen LogP contribution >= 0.6 is 15.9 Å². The molecule has 2 amide bonds. The minimum absolute atomic E-state index is 0.0103. The molecule has 1 aliphatic carbocycles. The monoisotopic (exact) mass is 473 g/mol. The van der Waals surface area contributed by atoms with Crippen molar-refractivity contribution in [3.63, 3.8) is 0 Å². The Morgan fingerprint density at radius 3 is 2.77 bits per heavy atom. The van der Waals surface area contributed by atoms with Crippen molar-refractivity contribution in [2.75, 3.05) is 27.2 Å². The quantitative estimate of drug-likeness (QED) is 0.604. The molecule has 1 aliphatic rings. The van der Waals surface area contributed by atoms with E-state index >= 15 is 0 Å². The van der Waals surface area contributed by atoms with Gasteiger partial charge < -0.3 is 20.1 Å². The molecule has 0 aliphatic heterocycles. The fraction of sp³-hybridized carbons (Fsp3) is 0.500. The molecule has 3 rings (SSSR count). The zero-order valence-electron chi connectivity index (χ0n) is 17.4. The summed E-state index contributed by atoms with van der Waals surface area (Å²) in [5.41, 5.74) is 1.61. The molecule has 1 heterocycles. The fourth-order valence-corrected chi connectivity index (χ4v) is 4.42. The van der Waals surface area contributed by atoms with E-state index in [0.29, 0.717) is 12.2 Å². The highest BCUT2D eigenvalue weighted by molar-refractivity contribution is 9.10. The number of benzene rings is 1. The molecular formula is C22H28BrN5O2. The summed E-state index contributed by atoms with van der Waals surface area (Å²) >= 11 is 3.53. The first-order valence-corrected chi connectivity index (χ1v) is 11.1. The first kappa shape index (κ1) is 22.3. The minimum atomic E-state index is -0.301. The normalized spacial score (nSPS) is 18.9. The van der Waals surface area contributed by atoms with Crippen molar-refractivity contribution in [2.24, 2.45) is 5.92 Å². The third-order valence-corrected chi connectivity index (χ3v) is 6.12. The molecule has 0 bridgehead atoms. The third-order valence-electron chi connectivity index (χ3n) is 5.63. The van der Waals surface area contributed by atoms with Crippen molar-refractivity contribution < 1.29 is 9.59 Å². The lowest BCUT2D eigenvalue weighted by atomic mass is 9.83. The van der Waals surface area contributed by atoms with Gasteiger partial charge in [0.05, 0.1) is 12.0 Å². The number of hydrogen-bond donors (Lipinski definition) is 2. The SMILES string of the molecule is CN(C)CCn1c(C(=O)N[C@H]2CCCC[C@H]2C(=O)NCC#N)cc2ccc(Br)cc21. The van der Waals surface area contributed by atoms with Gasteiger partial charge >= 0.3 is 0 Å². The molecule has 2 N–H and O–H groups in total. The van der Waals surface area contributed by atoms with Gasteiger partial charge in [0.1, 0.15) is 12.2 Å². The zero-order chi connectivity index (χ0) is 21.7. The summed E-state index contributed by atoms with van der Waals surface area (Å²) in [4.78, 5) is 27.8. The Kier molecular flexibility index (Phi) is 7.51. The molecule has 30 heavy (non-hydrogen) atoms. The van der Waals surface area contributed by atoms with E-state index in [4.69, 9.17) is 5.26 Å². The fourth-order valence-electron chi connectivity index (χ4n) is 4.07. The molecule has 1 saturated carbocycles. The van der Waals surface area contributed by atoms with E-state index in [1.165, 1.54) is 0 Å². The van der Waals surface area contributed by atoms with Gasteiger partial charge in [0.25, 0.3) is 5.91 Å². The van der Waals surface area contributed by atoms with Gasteiger partial charge in [-0.1, -0.05) is 34.8 Å². The number of nitriles is 1. The van der Waals surface area contributed by atoms with Crippen LogP contribution in [0.1, 0.15) is 36.2 Å². The van der Waals surface area contributed by atoms with E-state index in [1.807, 2.05) is 49.0 Å². The maximum absolute atomic E-state index is 13.3. The van der Waals surface area contributed by atoms with Gasteiger partial charge in [-0.25, -0.2) is 0 Å². The summed E-state index contributed by atoms with van der Waals surface area (Å²) in [6.45, 7) is 1.48. The van der Waals surface area contributed by atoms with Gasteiger partial charge in [-0.15, -0.1) is 0 Å². The average molecular weight is 474 g/mol. The second-order valence-corrected chi connectivity index (χ2v) is 8.95. The number of carbonyl (C=O) groups is 2. The van der Waals surface area contributed by atoms with Gasteiger partial charge in [0, 0.05) is 34.5 Å². The zero-order valence-corrected chi connectivity index (χ0v) is 19.0. The number of nitrogens with one attached hydrogen (secondary N) is 2. The van der Waals surface area contributed by atoms with E-state index in [9.17, 15) is 9.59 Å². The molecule has 1 aromatic carbocycles. The number of likely N-dealkylation sites (N-methyl/N-ethyl adjacent to an activating group) is 1.